The van der Waals surface area contributed by atoms with Crippen LogP contribution in [0, 0.1) is 6.92 Å². The number of nitrogens with one attached hydrogen (secondary N) is 1. The highest BCUT2D eigenvalue weighted by atomic mass is 35.5. The summed E-state index contributed by atoms with van der Waals surface area (Å²) in [5.74, 6) is 0. The van der Waals surface area contributed by atoms with E-state index in [4.69, 9.17) is 5.73 Å². The van der Waals surface area contributed by atoms with Crippen LogP contribution in [-0.2, 0) is 10.0 Å². The molecule has 0 spiro atoms. The number of sulfonamides is 1. The molecule has 1 aromatic heterocycles. The summed E-state index contributed by atoms with van der Waals surface area (Å²) in [6.07, 6.45) is 3.33. The van der Waals surface area contributed by atoms with E-state index in [0.29, 0.717) is 0 Å². The van der Waals surface area contributed by atoms with Gasteiger partial charge in [-0.1, -0.05) is 12.1 Å². The highest BCUT2D eigenvalue weighted by Gasteiger charge is 2.24. The van der Waals surface area contributed by atoms with Gasteiger partial charge in [0.05, 0.1) is 4.90 Å². The number of hydrogen-bond donors (Lipinski definition) is 2. The average molecular weight is 388 g/mol. The summed E-state index contributed by atoms with van der Waals surface area (Å²) < 4.78 is 28.0. The SMILES string of the molecule is Cc1csc(-c2cccc(S(=O)(=O)NC3CCC(N)CC3)c2)n1.Cl. The molecule has 0 atom stereocenters. The van der Waals surface area contributed by atoms with E-state index in [1.54, 1.807) is 18.2 Å². The van der Waals surface area contributed by atoms with Crippen LogP contribution < -0.4 is 10.5 Å². The molecule has 3 rings (SSSR count). The second-order valence-corrected chi connectivity index (χ2v) is 8.63. The maximum atomic E-state index is 12.6. The summed E-state index contributed by atoms with van der Waals surface area (Å²) in [5.41, 5.74) is 7.65. The summed E-state index contributed by atoms with van der Waals surface area (Å²) in [6.45, 7) is 1.93. The van der Waals surface area contributed by atoms with E-state index in [1.807, 2.05) is 18.4 Å². The van der Waals surface area contributed by atoms with Crippen molar-refractivity contribution in [3.05, 3.63) is 35.3 Å². The van der Waals surface area contributed by atoms with Crippen LogP contribution in [0.25, 0.3) is 10.6 Å². The Balaban J connectivity index is 0.00000208. The molecular weight excluding hydrogens is 366 g/mol. The lowest BCUT2D eigenvalue weighted by atomic mass is 9.93. The Morgan fingerprint density at radius 1 is 1.25 bits per heavy atom. The maximum absolute atomic E-state index is 12.6. The quantitative estimate of drug-likeness (QED) is 0.844. The first-order chi connectivity index (χ1) is 10.9. The topological polar surface area (TPSA) is 85.1 Å². The van der Waals surface area contributed by atoms with Gasteiger partial charge in [0, 0.05) is 28.7 Å². The molecular formula is C16H22ClN3O2S2. The van der Waals surface area contributed by atoms with E-state index in [0.717, 1.165) is 41.9 Å². The Morgan fingerprint density at radius 3 is 2.58 bits per heavy atom. The number of aryl methyl sites for hydroxylation is 1. The molecule has 0 unspecified atom stereocenters. The Kier molecular flexibility index (Phi) is 6.39. The number of halogens is 1. The van der Waals surface area contributed by atoms with Crippen molar-refractivity contribution in [3.8, 4) is 10.6 Å². The van der Waals surface area contributed by atoms with Crippen LogP contribution in [0.5, 0.6) is 0 Å². The molecule has 0 amide bonds. The Hall–Kier alpha value is -0.990. The molecule has 5 nitrogen and oxygen atoms in total. The molecule has 1 aromatic carbocycles. The first kappa shape index (κ1) is 19.3. The largest absolute Gasteiger partial charge is 0.328 e. The van der Waals surface area contributed by atoms with Crippen molar-refractivity contribution in [1.82, 2.24) is 9.71 Å². The van der Waals surface area contributed by atoms with Gasteiger partial charge in [-0.2, -0.15) is 0 Å². The standard InChI is InChI=1S/C16H21N3O2S2.ClH/c1-11-10-22-16(18-11)12-3-2-4-15(9-12)23(20,21)19-14-7-5-13(17)6-8-14;/h2-4,9-10,13-14,19H,5-8,17H2,1H3;1H. The van der Waals surface area contributed by atoms with Gasteiger partial charge in [-0.15, -0.1) is 23.7 Å². The molecule has 0 aliphatic heterocycles. The highest BCUT2D eigenvalue weighted by Crippen LogP contribution is 2.26. The molecule has 1 heterocycles. The molecule has 8 heteroatoms. The molecule has 132 valence electrons. The third-order valence-corrected chi connectivity index (χ3v) is 6.63. The maximum Gasteiger partial charge on any atom is 0.240 e. The number of thiazole rings is 1. The van der Waals surface area contributed by atoms with Gasteiger partial charge in [-0.3, -0.25) is 0 Å². The van der Waals surface area contributed by atoms with Crippen molar-refractivity contribution in [2.75, 3.05) is 0 Å². The fourth-order valence-corrected chi connectivity index (χ4v) is 4.95. The van der Waals surface area contributed by atoms with E-state index in [1.165, 1.54) is 11.3 Å². The fraction of sp³-hybridized carbons (Fsp3) is 0.438. The van der Waals surface area contributed by atoms with E-state index in [-0.39, 0.29) is 29.4 Å². The molecule has 1 saturated carbocycles. The van der Waals surface area contributed by atoms with Gasteiger partial charge in [-0.05, 0) is 44.7 Å². The van der Waals surface area contributed by atoms with Gasteiger partial charge >= 0.3 is 0 Å². The van der Waals surface area contributed by atoms with E-state index in [2.05, 4.69) is 9.71 Å². The number of nitrogens with zero attached hydrogens (tertiary/aromatic N) is 1. The zero-order chi connectivity index (χ0) is 16.4. The molecule has 3 N–H and O–H groups in total. The molecule has 1 aliphatic carbocycles. The second kappa shape index (κ2) is 7.93. The van der Waals surface area contributed by atoms with Crippen LogP contribution in [-0.4, -0.2) is 25.5 Å². The first-order valence-corrected chi connectivity index (χ1v) is 10.1. The van der Waals surface area contributed by atoms with Crippen molar-refractivity contribution < 1.29 is 8.42 Å². The lowest BCUT2D eigenvalue weighted by Gasteiger charge is -2.26. The van der Waals surface area contributed by atoms with Crippen molar-refractivity contribution in [1.29, 1.82) is 0 Å². The third kappa shape index (κ3) is 4.55. The normalized spacial score (nSPS) is 21.2. The second-order valence-electron chi connectivity index (χ2n) is 6.05. The van der Waals surface area contributed by atoms with Crippen LogP contribution in [0.3, 0.4) is 0 Å². The molecule has 1 aliphatic rings. The minimum Gasteiger partial charge on any atom is -0.328 e. The van der Waals surface area contributed by atoms with Crippen molar-refractivity contribution in [2.45, 2.75) is 49.6 Å². The number of benzene rings is 1. The molecule has 1 fully saturated rings. The predicted molar refractivity (Wildman–Crippen MR) is 100 cm³/mol. The number of rotatable bonds is 4. The van der Waals surface area contributed by atoms with Crippen LogP contribution in [0.2, 0.25) is 0 Å². The van der Waals surface area contributed by atoms with Crippen LogP contribution >= 0.6 is 23.7 Å². The third-order valence-electron chi connectivity index (χ3n) is 4.10. The summed E-state index contributed by atoms with van der Waals surface area (Å²) in [7, 11) is -3.52. The van der Waals surface area contributed by atoms with Crippen LogP contribution in [0.4, 0.5) is 0 Å². The van der Waals surface area contributed by atoms with E-state index >= 15 is 0 Å². The summed E-state index contributed by atoms with van der Waals surface area (Å²) in [6, 6.07) is 7.14. The van der Waals surface area contributed by atoms with Crippen molar-refractivity contribution in [3.63, 3.8) is 0 Å². The minimum absolute atomic E-state index is 0. The van der Waals surface area contributed by atoms with Crippen LogP contribution in [0.15, 0.2) is 34.5 Å². The predicted octanol–water partition coefficient (Wildman–Crippen LogP) is 3.09. The van der Waals surface area contributed by atoms with Gasteiger partial charge in [0.15, 0.2) is 0 Å². The first-order valence-electron chi connectivity index (χ1n) is 7.74. The Morgan fingerprint density at radius 2 is 1.96 bits per heavy atom. The lowest BCUT2D eigenvalue weighted by Crippen LogP contribution is -2.40. The smallest absolute Gasteiger partial charge is 0.240 e. The Labute approximate surface area is 153 Å². The molecule has 2 aromatic rings. The van der Waals surface area contributed by atoms with Gasteiger partial charge in [0.25, 0.3) is 0 Å². The van der Waals surface area contributed by atoms with Gasteiger partial charge in [-0.25, -0.2) is 18.1 Å². The minimum atomic E-state index is -3.52. The molecule has 0 bridgehead atoms. The van der Waals surface area contributed by atoms with Crippen molar-refractivity contribution >= 4 is 33.8 Å². The van der Waals surface area contributed by atoms with E-state index in [9.17, 15) is 8.42 Å². The van der Waals surface area contributed by atoms with Gasteiger partial charge in [0.2, 0.25) is 10.0 Å². The Bertz CT molecular complexity index is 784. The summed E-state index contributed by atoms with van der Waals surface area (Å²) in [5, 5.41) is 2.79. The summed E-state index contributed by atoms with van der Waals surface area (Å²) in [4.78, 5) is 4.71. The number of nitrogens with two attached hydrogens (primary N) is 1. The molecule has 24 heavy (non-hydrogen) atoms. The van der Waals surface area contributed by atoms with E-state index < -0.39 is 10.0 Å². The van der Waals surface area contributed by atoms with Crippen LogP contribution in [0.1, 0.15) is 31.4 Å². The number of hydrogen-bond acceptors (Lipinski definition) is 5. The van der Waals surface area contributed by atoms with Crippen molar-refractivity contribution in [2.24, 2.45) is 5.73 Å². The highest BCUT2D eigenvalue weighted by molar-refractivity contribution is 7.89. The number of aromatic nitrogens is 1. The molecule has 0 radical (unpaired) electrons. The van der Waals surface area contributed by atoms with Gasteiger partial charge in [0.1, 0.15) is 5.01 Å². The lowest BCUT2D eigenvalue weighted by molar-refractivity contribution is 0.373. The summed E-state index contributed by atoms with van der Waals surface area (Å²) >= 11 is 1.52. The average Bonchev–Trinajstić information content (AvgIpc) is 2.96. The molecule has 0 saturated heterocycles. The zero-order valence-electron chi connectivity index (χ0n) is 13.4. The monoisotopic (exact) mass is 387 g/mol. The van der Waals surface area contributed by atoms with Gasteiger partial charge < -0.3 is 5.73 Å². The fourth-order valence-electron chi connectivity index (χ4n) is 2.81. The zero-order valence-corrected chi connectivity index (χ0v) is 15.9.